The lowest BCUT2D eigenvalue weighted by Gasteiger charge is -2.34. The molecule has 4 heteroatoms. The SMILES string of the molecule is Cc1csc(C(=O)C(C)(C)c2ccccc2N2CCOCC2)c1. The molecule has 1 aromatic carbocycles. The molecule has 2 aromatic rings. The highest BCUT2D eigenvalue weighted by molar-refractivity contribution is 7.12. The van der Waals surface area contributed by atoms with Crippen molar-refractivity contribution in [2.45, 2.75) is 26.2 Å². The van der Waals surface area contributed by atoms with Crippen LogP contribution < -0.4 is 4.90 Å². The summed E-state index contributed by atoms with van der Waals surface area (Å²) in [5, 5.41) is 2.04. The fourth-order valence-electron chi connectivity index (χ4n) is 3.06. The summed E-state index contributed by atoms with van der Waals surface area (Å²) in [6.45, 7) is 9.33. The Hall–Kier alpha value is -1.65. The minimum atomic E-state index is -0.549. The number of thiophene rings is 1. The van der Waals surface area contributed by atoms with Crippen LogP contribution in [0.4, 0.5) is 5.69 Å². The number of hydrogen-bond acceptors (Lipinski definition) is 4. The van der Waals surface area contributed by atoms with Crippen molar-refractivity contribution in [3.63, 3.8) is 0 Å². The van der Waals surface area contributed by atoms with Crippen LogP contribution in [0.3, 0.4) is 0 Å². The Kier molecular flexibility index (Phi) is 4.55. The molecule has 3 rings (SSSR count). The molecule has 0 aliphatic carbocycles. The van der Waals surface area contributed by atoms with Gasteiger partial charge in [-0.25, -0.2) is 0 Å². The van der Waals surface area contributed by atoms with E-state index >= 15 is 0 Å². The van der Waals surface area contributed by atoms with Crippen LogP contribution in [-0.4, -0.2) is 32.1 Å². The van der Waals surface area contributed by atoms with Gasteiger partial charge in [0.1, 0.15) is 0 Å². The predicted molar refractivity (Wildman–Crippen MR) is 95.9 cm³/mol. The van der Waals surface area contributed by atoms with E-state index < -0.39 is 5.41 Å². The number of morpholine rings is 1. The second-order valence-electron chi connectivity index (χ2n) is 6.56. The largest absolute Gasteiger partial charge is 0.378 e. The Morgan fingerprint density at radius 3 is 2.57 bits per heavy atom. The molecule has 0 amide bonds. The molecule has 0 spiro atoms. The van der Waals surface area contributed by atoms with Gasteiger partial charge in [-0.1, -0.05) is 18.2 Å². The van der Waals surface area contributed by atoms with E-state index in [-0.39, 0.29) is 5.78 Å². The summed E-state index contributed by atoms with van der Waals surface area (Å²) in [5.41, 5.74) is 2.85. The Morgan fingerprint density at radius 2 is 1.91 bits per heavy atom. The van der Waals surface area contributed by atoms with Gasteiger partial charge in [0, 0.05) is 18.8 Å². The summed E-state index contributed by atoms with van der Waals surface area (Å²) < 4.78 is 5.46. The number of anilines is 1. The fraction of sp³-hybridized carbons (Fsp3) is 0.421. The third-order valence-electron chi connectivity index (χ3n) is 4.45. The summed E-state index contributed by atoms with van der Waals surface area (Å²) in [7, 11) is 0. The van der Waals surface area contributed by atoms with Crippen LogP contribution in [0.25, 0.3) is 0 Å². The number of benzene rings is 1. The minimum Gasteiger partial charge on any atom is -0.378 e. The van der Waals surface area contributed by atoms with Crippen molar-refractivity contribution < 1.29 is 9.53 Å². The Bertz CT molecular complexity index is 699. The van der Waals surface area contributed by atoms with Gasteiger partial charge in [-0.2, -0.15) is 0 Å². The first-order chi connectivity index (χ1) is 11.0. The first-order valence-electron chi connectivity index (χ1n) is 8.02. The van der Waals surface area contributed by atoms with E-state index in [4.69, 9.17) is 4.74 Å². The van der Waals surface area contributed by atoms with Gasteiger partial charge < -0.3 is 9.64 Å². The lowest BCUT2D eigenvalue weighted by Crippen LogP contribution is -2.39. The smallest absolute Gasteiger partial charge is 0.182 e. The quantitative estimate of drug-likeness (QED) is 0.793. The number of nitrogens with zero attached hydrogens (tertiary/aromatic N) is 1. The molecule has 1 fully saturated rings. The highest BCUT2D eigenvalue weighted by atomic mass is 32.1. The number of Topliss-reactive ketones (excluding diaryl/α,β-unsaturated/α-hetero) is 1. The molecule has 3 nitrogen and oxygen atoms in total. The van der Waals surface area contributed by atoms with Gasteiger partial charge in [0.25, 0.3) is 0 Å². The van der Waals surface area contributed by atoms with Crippen LogP contribution in [-0.2, 0) is 10.2 Å². The predicted octanol–water partition coefficient (Wildman–Crippen LogP) is 4.05. The first-order valence-corrected chi connectivity index (χ1v) is 8.90. The van der Waals surface area contributed by atoms with Gasteiger partial charge in [-0.3, -0.25) is 4.79 Å². The molecule has 0 bridgehead atoms. The molecule has 122 valence electrons. The first kappa shape index (κ1) is 16.2. The molecule has 1 saturated heterocycles. The summed E-state index contributed by atoms with van der Waals surface area (Å²) in [5.74, 6) is 0.191. The summed E-state index contributed by atoms with van der Waals surface area (Å²) in [6.07, 6.45) is 0. The topological polar surface area (TPSA) is 29.5 Å². The van der Waals surface area contributed by atoms with Crippen molar-refractivity contribution in [2.75, 3.05) is 31.2 Å². The number of rotatable bonds is 4. The third-order valence-corrected chi connectivity index (χ3v) is 5.50. The van der Waals surface area contributed by atoms with E-state index in [1.54, 1.807) is 0 Å². The standard InChI is InChI=1S/C19H23NO2S/c1-14-12-17(23-13-14)18(21)19(2,3)15-6-4-5-7-16(15)20-8-10-22-11-9-20/h4-7,12-13H,8-11H2,1-3H3. The van der Waals surface area contributed by atoms with Crippen LogP contribution in [0.5, 0.6) is 0 Å². The van der Waals surface area contributed by atoms with Gasteiger partial charge >= 0.3 is 0 Å². The van der Waals surface area contributed by atoms with Crippen molar-refractivity contribution in [2.24, 2.45) is 0 Å². The zero-order valence-electron chi connectivity index (χ0n) is 14.0. The lowest BCUT2D eigenvalue weighted by atomic mass is 9.78. The number of carbonyl (C=O) groups excluding carboxylic acids is 1. The Labute approximate surface area is 141 Å². The molecule has 1 aromatic heterocycles. The van der Waals surface area contributed by atoms with E-state index in [0.717, 1.165) is 48.0 Å². The van der Waals surface area contributed by atoms with Crippen molar-refractivity contribution in [1.82, 2.24) is 0 Å². The highest BCUT2D eigenvalue weighted by Crippen LogP contribution is 2.36. The van der Waals surface area contributed by atoms with Crippen molar-refractivity contribution in [1.29, 1.82) is 0 Å². The third kappa shape index (κ3) is 3.19. The van der Waals surface area contributed by atoms with Crippen molar-refractivity contribution >= 4 is 22.8 Å². The molecular weight excluding hydrogens is 306 g/mol. The van der Waals surface area contributed by atoms with Crippen molar-refractivity contribution in [3.05, 3.63) is 51.7 Å². The van der Waals surface area contributed by atoms with Crippen LogP contribution in [0, 0.1) is 6.92 Å². The van der Waals surface area contributed by atoms with Gasteiger partial charge in [-0.05, 0) is 49.4 Å². The number of aryl methyl sites for hydroxylation is 1. The second kappa shape index (κ2) is 6.46. The number of carbonyl (C=O) groups is 1. The summed E-state index contributed by atoms with van der Waals surface area (Å²) in [4.78, 5) is 16.2. The molecule has 0 saturated carbocycles. The van der Waals surface area contributed by atoms with E-state index in [9.17, 15) is 4.79 Å². The molecule has 0 atom stereocenters. The maximum absolute atomic E-state index is 13.1. The van der Waals surface area contributed by atoms with Crippen molar-refractivity contribution in [3.8, 4) is 0 Å². The Morgan fingerprint density at radius 1 is 1.22 bits per heavy atom. The summed E-state index contributed by atoms with van der Waals surface area (Å²) in [6, 6.07) is 10.3. The number of para-hydroxylation sites is 1. The molecule has 1 aliphatic rings. The van der Waals surface area contributed by atoms with Gasteiger partial charge in [0.15, 0.2) is 5.78 Å². The lowest BCUT2D eigenvalue weighted by molar-refractivity contribution is 0.0912. The molecule has 0 radical (unpaired) electrons. The average Bonchev–Trinajstić information content (AvgIpc) is 3.01. The van der Waals surface area contributed by atoms with E-state index in [2.05, 4.69) is 17.0 Å². The molecule has 1 aliphatic heterocycles. The van der Waals surface area contributed by atoms with Crippen LogP contribution in [0.15, 0.2) is 35.7 Å². The van der Waals surface area contributed by atoms with E-state index in [1.165, 1.54) is 11.3 Å². The molecule has 2 heterocycles. The highest BCUT2D eigenvalue weighted by Gasteiger charge is 2.34. The number of ether oxygens (including phenoxy) is 1. The Balaban J connectivity index is 1.97. The summed E-state index contributed by atoms with van der Waals surface area (Å²) >= 11 is 1.54. The zero-order chi connectivity index (χ0) is 16.4. The second-order valence-corrected chi connectivity index (χ2v) is 7.47. The molecule has 0 unspecified atom stereocenters. The fourth-order valence-corrected chi connectivity index (χ4v) is 4.06. The maximum atomic E-state index is 13.1. The average molecular weight is 329 g/mol. The van der Waals surface area contributed by atoms with Crippen LogP contribution in [0.1, 0.15) is 34.6 Å². The zero-order valence-corrected chi connectivity index (χ0v) is 14.8. The molecule has 23 heavy (non-hydrogen) atoms. The monoisotopic (exact) mass is 329 g/mol. The van der Waals surface area contributed by atoms with E-state index in [0.29, 0.717) is 0 Å². The maximum Gasteiger partial charge on any atom is 0.182 e. The van der Waals surface area contributed by atoms with Crippen LogP contribution >= 0.6 is 11.3 Å². The van der Waals surface area contributed by atoms with Gasteiger partial charge in [-0.15, -0.1) is 11.3 Å². The minimum absolute atomic E-state index is 0.191. The number of ketones is 1. The van der Waals surface area contributed by atoms with E-state index in [1.807, 2.05) is 44.4 Å². The van der Waals surface area contributed by atoms with Gasteiger partial charge in [0.2, 0.25) is 0 Å². The van der Waals surface area contributed by atoms with Crippen LogP contribution in [0.2, 0.25) is 0 Å². The molecule has 0 N–H and O–H groups in total. The molecular formula is C19H23NO2S. The number of hydrogen-bond donors (Lipinski definition) is 0. The van der Waals surface area contributed by atoms with Gasteiger partial charge in [0.05, 0.1) is 23.5 Å². The normalized spacial score (nSPS) is 15.7.